The average molecular weight is 191 g/mol. The molecule has 1 aliphatic heterocycles. The molecule has 1 N–H and O–H groups in total. The highest BCUT2D eigenvalue weighted by Crippen LogP contribution is 2.51. The average Bonchev–Trinajstić information content (AvgIpc) is 2.45. The molecule has 2 heteroatoms. The molecule has 1 aromatic rings. The molecule has 74 valence electrons. The molecular weight excluding hydrogens is 177 g/mol. The summed E-state index contributed by atoms with van der Waals surface area (Å²) in [6.07, 6.45) is 2.40. The molecule has 2 atom stereocenters. The lowest BCUT2D eigenvalue weighted by molar-refractivity contribution is 0.176. The molecule has 1 aliphatic carbocycles. The van der Waals surface area contributed by atoms with Gasteiger partial charge in [0.1, 0.15) is 5.82 Å². The summed E-state index contributed by atoms with van der Waals surface area (Å²) >= 11 is 0. The van der Waals surface area contributed by atoms with Crippen LogP contribution < -0.4 is 5.32 Å². The van der Waals surface area contributed by atoms with E-state index in [9.17, 15) is 4.39 Å². The fraction of sp³-hybridized carbons (Fsp3) is 0.500. The SMILES string of the molecule is Fc1ccccc1C12CCC1CNC2. The third-order valence-corrected chi connectivity index (χ3v) is 3.96. The lowest BCUT2D eigenvalue weighted by Gasteiger charge is -2.44. The maximum absolute atomic E-state index is 13.7. The topological polar surface area (TPSA) is 12.0 Å². The Kier molecular flexibility index (Phi) is 1.68. The van der Waals surface area contributed by atoms with Gasteiger partial charge in [0.2, 0.25) is 0 Å². The largest absolute Gasteiger partial charge is 0.316 e. The summed E-state index contributed by atoms with van der Waals surface area (Å²) in [6.45, 7) is 2.02. The van der Waals surface area contributed by atoms with Gasteiger partial charge in [0.25, 0.3) is 0 Å². The number of benzene rings is 1. The van der Waals surface area contributed by atoms with Crippen LogP contribution in [0.5, 0.6) is 0 Å². The third-order valence-electron chi connectivity index (χ3n) is 3.96. The monoisotopic (exact) mass is 191 g/mol. The highest BCUT2D eigenvalue weighted by molar-refractivity contribution is 5.33. The van der Waals surface area contributed by atoms with Gasteiger partial charge < -0.3 is 5.32 Å². The second-order valence-corrected chi connectivity index (χ2v) is 4.50. The lowest BCUT2D eigenvalue weighted by atomic mass is 9.58. The first kappa shape index (κ1) is 8.42. The minimum atomic E-state index is -0.0269. The Morgan fingerprint density at radius 1 is 1.36 bits per heavy atom. The molecule has 1 nitrogen and oxygen atoms in total. The molecule has 14 heavy (non-hydrogen) atoms. The van der Waals surface area contributed by atoms with Crippen LogP contribution in [0.1, 0.15) is 18.4 Å². The standard InChI is InChI=1S/C12H14FN/c13-11-4-2-1-3-10(11)12-6-5-9(12)7-14-8-12/h1-4,9,14H,5-8H2. The van der Waals surface area contributed by atoms with Crippen molar-refractivity contribution < 1.29 is 4.39 Å². The maximum atomic E-state index is 13.7. The van der Waals surface area contributed by atoms with Gasteiger partial charge in [0.05, 0.1) is 0 Å². The van der Waals surface area contributed by atoms with Crippen LogP contribution in [-0.4, -0.2) is 13.1 Å². The molecule has 1 aromatic carbocycles. The fourth-order valence-corrected chi connectivity index (χ4v) is 3.01. The molecule has 0 amide bonds. The van der Waals surface area contributed by atoms with Crippen molar-refractivity contribution in [1.29, 1.82) is 0 Å². The van der Waals surface area contributed by atoms with Crippen molar-refractivity contribution in [2.45, 2.75) is 18.3 Å². The Morgan fingerprint density at radius 2 is 2.21 bits per heavy atom. The van der Waals surface area contributed by atoms with Crippen LogP contribution >= 0.6 is 0 Å². The van der Waals surface area contributed by atoms with Crippen molar-refractivity contribution in [3.8, 4) is 0 Å². The quantitative estimate of drug-likeness (QED) is 0.716. The first-order chi connectivity index (χ1) is 6.83. The van der Waals surface area contributed by atoms with Crippen molar-refractivity contribution in [3.63, 3.8) is 0 Å². The summed E-state index contributed by atoms with van der Waals surface area (Å²) in [7, 11) is 0. The van der Waals surface area contributed by atoms with E-state index in [0.29, 0.717) is 5.92 Å². The number of hydrogen-bond donors (Lipinski definition) is 1. The van der Waals surface area contributed by atoms with E-state index in [1.165, 1.54) is 6.42 Å². The molecule has 1 saturated heterocycles. The summed E-state index contributed by atoms with van der Waals surface area (Å²) in [6, 6.07) is 7.25. The van der Waals surface area contributed by atoms with Crippen LogP contribution in [0, 0.1) is 11.7 Å². The van der Waals surface area contributed by atoms with E-state index < -0.39 is 0 Å². The number of nitrogens with one attached hydrogen (secondary N) is 1. The van der Waals surface area contributed by atoms with Gasteiger partial charge in [-0.2, -0.15) is 0 Å². The van der Waals surface area contributed by atoms with Gasteiger partial charge >= 0.3 is 0 Å². The third kappa shape index (κ3) is 0.921. The Morgan fingerprint density at radius 3 is 2.86 bits per heavy atom. The van der Waals surface area contributed by atoms with Crippen LogP contribution in [-0.2, 0) is 5.41 Å². The number of fused-ring (bicyclic) bond motifs is 1. The van der Waals surface area contributed by atoms with E-state index in [1.54, 1.807) is 12.1 Å². The smallest absolute Gasteiger partial charge is 0.127 e. The van der Waals surface area contributed by atoms with Gasteiger partial charge in [-0.15, -0.1) is 0 Å². The summed E-state index contributed by atoms with van der Waals surface area (Å²) in [5, 5.41) is 3.38. The molecule has 2 unspecified atom stereocenters. The highest BCUT2D eigenvalue weighted by atomic mass is 19.1. The molecular formula is C12H14FN. The molecule has 1 saturated carbocycles. The number of halogens is 1. The Bertz CT molecular complexity index is 363. The Hall–Kier alpha value is -0.890. The molecule has 1 heterocycles. The van der Waals surface area contributed by atoms with E-state index >= 15 is 0 Å². The molecule has 0 bridgehead atoms. The second kappa shape index (κ2) is 2.80. The van der Waals surface area contributed by atoms with Crippen LogP contribution in [0.3, 0.4) is 0 Å². The zero-order valence-corrected chi connectivity index (χ0v) is 8.09. The molecule has 0 radical (unpaired) electrons. The van der Waals surface area contributed by atoms with Crippen molar-refractivity contribution in [1.82, 2.24) is 5.32 Å². The van der Waals surface area contributed by atoms with Gasteiger partial charge in [0.15, 0.2) is 0 Å². The van der Waals surface area contributed by atoms with Crippen LogP contribution in [0.4, 0.5) is 4.39 Å². The lowest BCUT2D eigenvalue weighted by Crippen LogP contribution is -2.44. The van der Waals surface area contributed by atoms with E-state index in [-0.39, 0.29) is 11.2 Å². The van der Waals surface area contributed by atoms with E-state index in [2.05, 4.69) is 5.32 Å². The normalized spacial score (nSPS) is 35.1. The summed E-state index contributed by atoms with van der Waals surface area (Å²) in [5.74, 6) is 0.639. The van der Waals surface area contributed by atoms with Crippen LogP contribution in [0.25, 0.3) is 0 Å². The zero-order valence-electron chi connectivity index (χ0n) is 8.09. The van der Waals surface area contributed by atoms with Crippen molar-refractivity contribution in [2.75, 3.05) is 13.1 Å². The van der Waals surface area contributed by atoms with Gasteiger partial charge in [-0.3, -0.25) is 0 Å². The minimum absolute atomic E-state index is 0.0269. The van der Waals surface area contributed by atoms with Crippen LogP contribution in [0.15, 0.2) is 24.3 Å². The van der Waals surface area contributed by atoms with Crippen molar-refractivity contribution >= 4 is 0 Å². The zero-order chi connectivity index (χ0) is 9.60. The number of rotatable bonds is 1. The van der Waals surface area contributed by atoms with E-state index in [0.717, 1.165) is 25.1 Å². The first-order valence-corrected chi connectivity index (χ1v) is 5.29. The van der Waals surface area contributed by atoms with Gasteiger partial charge in [-0.25, -0.2) is 4.39 Å². The molecule has 0 aromatic heterocycles. The first-order valence-electron chi connectivity index (χ1n) is 5.29. The Balaban J connectivity index is 2.06. The molecule has 0 spiro atoms. The fourth-order valence-electron chi connectivity index (χ4n) is 3.01. The summed E-state index contributed by atoms with van der Waals surface area (Å²) in [4.78, 5) is 0. The van der Waals surface area contributed by atoms with Crippen molar-refractivity contribution in [2.24, 2.45) is 5.92 Å². The predicted molar refractivity (Wildman–Crippen MR) is 53.7 cm³/mol. The van der Waals surface area contributed by atoms with E-state index in [1.807, 2.05) is 12.1 Å². The van der Waals surface area contributed by atoms with E-state index in [4.69, 9.17) is 0 Å². The van der Waals surface area contributed by atoms with Crippen LogP contribution in [0.2, 0.25) is 0 Å². The second-order valence-electron chi connectivity index (χ2n) is 4.50. The Labute approximate surface area is 83.3 Å². The summed E-state index contributed by atoms with van der Waals surface area (Å²) < 4.78 is 13.7. The van der Waals surface area contributed by atoms with Gasteiger partial charge in [-0.05, 0) is 36.9 Å². The predicted octanol–water partition coefficient (Wildman–Crippen LogP) is 2.08. The summed E-state index contributed by atoms with van der Waals surface area (Å²) in [5.41, 5.74) is 1.06. The van der Waals surface area contributed by atoms with Gasteiger partial charge in [-0.1, -0.05) is 18.2 Å². The molecule has 2 fully saturated rings. The number of hydrogen-bond acceptors (Lipinski definition) is 1. The van der Waals surface area contributed by atoms with Gasteiger partial charge in [0, 0.05) is 12.0 Å². The molecule has 3 rings (SSSR count). The highest BCUT2D eigenvalue weighted by Gasteiger charge is 2.51. The maximum Gasteiger partial charge on any atom is 0.127 e. The minimum Gasteiger partial charge on any atom is -0.316 e. The van der Waals surface area contributed by atoms with Crippen molar-refractivity contribution in [3.05, 3.63) is 35.6 Å². The molecule has 2 aliphatic rings.